The van der Waals surface area contributed by atoms with Crippen LogP contribution in [0.3, 0.4) is 0 Å². The van der Waals surface area contributed by atoms with Gasteiger partial charge in [-0.05, 0) is 38.3 Å². The van der Waals surface area contributed by atoms with Gasteiger partial charge in [0.1, 0.15) is 5.75 Å². The second-order valence-corrected chi connectivity index (χ2v) is 6.47. The molecule has 0 aliphatic carbocycles. The summed E-state index contributed by atoms with van der Waals surface area (Å²) in [6, 6.07) is 8.18. The summed E-state index contributed by atoms with van der Waals surface area (Å²) in [5, 5.41) is 10.6. The first-order valence-corrected chi connectivity index (χ1v) is 9.23. The topological polar surface area (TPSA) is 71.7 Å². The molecule has 0 aliphatic rings. The molecule has 27 heavy (non-hydrogen) atoms. The Morgan fingerprint density at radius 1 is 1.22 bits per heavy atom. The lowest BCUT2D eigenvalue weighted by molar-refractivity contribution is 0.336. The van der Waals surface area contributed by atoms with Crippen molar-refractivity contribution in [1.29, 1.82) is 0 Å². The molecule has 6 nitrogen and oxygen atoms in total. The molecule has 0 bridgehead atoms. The van der Waals surface area contributed by atoms with Crippen LogP contribution in [0, 0.1) is 6.92 Å². The molecule has 2 rings (SSSR count). The van der Waals surface area contributed by atoms with Crippen LogP contribution >= 0.6 is 24.0 Å². The maximum absolute atomic E-state index is 5.73. The van der Waals surface area contributed by atoms with Crippen molar-refractivity contribution in [3.05, 3.63) is 46.8 Å². The van der Waals surface area contributed by atoms with E-state index in [0.717, 1.165) is 35.3 Å². The van der Waals surface area contributed by atoms with Crippen LogP contribution in [0.1, 0.15) is 56.2 Å². The highest BCUT2D eigenvalue weighted by Gasteiger charge is 2.09. The molecule has 2 N–H and O–H groups in total. The number of aryl methyl sites for hydroxylation is 1. The quantitative estimate of drug-likeness (QED) is 0.329. The molecule has 0 saturated carbocycles. The van der Waals surface area contributed by atoms with Crippen molar-refractivity contribution < 1.29 is 9.26 Å². The Hall–Kier alpha value is -1.77. The number of aromatic nitrogens is 1. The molecular weight excluding hydrogens is 455 g/mol. The summed E-state index contributed by atoms with van der Waals surface area (Å²) in [6.07, 6.45) is 0. The highest BCUT2D eigenvalue weighted by Crippen LogP contribution is 2.21. The summed E-state index contributed by atoms with van der Waals surface area (Å²) in [7, 11) is 0. The Kier molecular flexibility index (Phi) is 10.2. The van der Waals surface area contributed by atoms with Crippen molar-refractivity contribution in [3.8, 4) is 5.75 Å². The molecule has 0 fully saturated rings. The third-order valence-corrected chi connectivity index (χ3v) is 3.87. The number of nitrogens with zero attached hydrogens (tertiary/aromatic N) is 2. The summed E-state index contributed by atoms with van der Waals surface area (Å²) in [6.45, 7) is 12.8. The van der Waals surface area contributed by atoms with Crippen LogP contribution in [0.25, 0.3) is 0 Å². The number of halogens is 1. The van der Waals surface area contributed by atoms with E-state index in [1.165, 1.54) is 5.56 Å². The molecule has 0 atom stereocenters. The first kappa shape index (κ1) is 23.3. The third kappa shape index (κ3) is 7.40. The lowest BCUT2D eigenvalue weighted by Crippen LogP contribution is -2.36. The molecule has 1 aromatic heterocycles. The van der Waals surface area contributed by atoms with Gasteiger partial charge in [0.15, 0.2) is 11.7 Å². The van der Waals surface area contributed by atoms with Crippen molar-refractivity contribution in [2.75, 3.05) is 13.2 Å². The highest BCUT2D eigenvalue weighted by atomic mass is 127. The molecule has 0 aliphatic heterocycles. The zero-order chi connectivity index (χ0) is 18.9. The smallest absolute Gasteiger partial charge is 0.191 e. The predicted octanol–water partition coefficient (Wildman–Crippen LogP) is 4.38. The minimum atomic E-state index is 0. The van der Waals surface area contributed by atoms with E-state index in [4.69, 9.17) is 9.26 Å². The fraction of sp³-hybridized carbons (Fsp3) is 0.500. The minimum Gasteiger partial charge on any atom is -0.494 e. The van der Waals surface area contributed by atoms with Crippen LogP contribution in [-0.2, 0) is 13.1 Å². The maximum Gasteiger partial charge on any atom is 0.191 e. The second kappa shape index (κ2) is 11.8. The zero-order valence-electron chi connectivity index (χ0n) is 16.8. The molecule has 0 radical (unpaired) electrons. The molecule has 1 heterocycles. The Labute approximate surface area is 179 Å². The molecule has 150 valence electrons. The number of hydrogen-bond donors (Lipinski definition) is 2. The normalized spacial score (nSPS) is 11.3. The standard InChI is InChI=1S/C20H30N4O2.HI/c1-6-21-20(23-13-17-11-18(14(3)4)24-26-17)22-12-16-9-8-15(5)10-19(16)25-7-2;/h8-11,14H,6-7,12-13H2,1-5H3,(H2,21,22,23);1H. The van der Waals surface area contributed by atoms with Gasteiger partial charge in [-0.3, -0.25) is 0 Å². The highest BCUT2D eigenvalue weighted by molar-refractivity contribution is 14.0. The first-order valence-electron chi connectivity index (χ1n) is 9.23. The van der Waals surface area contributed by atoms with Gasteiger partial charge in [0, 0.05) is 18.2 Å². The molecule has 7 heteroatoms. The third-order valence-electron chi connectivity index (χ3n) is 3.87. The molecule has 0 saturated heterocycles. The van der Waals surface area contributed by atoms with Gasteiger partial charge in [-0.15, -0.1) is 24.0 Å². The zero-order valence-corrected chi connectivity index (χ0v) is 19.2. The molecule has 1 aromatic carbocycles. The Morgan fingerprint density at radius 3 is 2.63 bits per heavy atom. The largest absolute Gasteiger partial charge is 0.494 e. The summed E-state index contributed by atoms with van der Waals surface area (Å²) in [5.74, 6) is 2.78. The summed E-state index contributed by atoms with van der Waals surface area (Å²) < 4.78 is 11.1. The van der Waals surface area contributed by atoms with E-state index in [2.05, 4.69) is 59.8 Å². The van der Waals surface area contributed by atoms with E-state index in [1.54, 1.807) is 0 Å². The van der Waals surface area contributed by atoms with Gasteiger partial charge < -0.3 is 19.9 Å². The van der Waals surface area contributed by atoms with Crippen molar-refractivity contribution in [2.24, 2.45) is 4.99 Å². The van der Waals surface area contributed by atoms with Crippen LogP contribution in [-0.4, -0.2) is 24.3 Å². The monoisotopic (exact) mass is 486 g/mol. The van der Waals surface area contributed by atoms with Crippen LogP contribution in [0.4, 0.5) is 0 Å². The van der Waals surface area contributed by atoms with Crippen LogP contribution in [0.5, 0.6) is 5.75 Å². The van der Waals surface area contributed by atoms with Crippen molar-refractivity contribution in [3.63, 3.8) is 0 Å². The van der Waals surface area contributed by atoms with E-state index < -0.39 is 0 Å². The number of rotatable bonds is 8. The molecule has 0 amide bonds. The Morgan fingerprint density at radius 2 is 2.00 bits per heavy atom. The Bertz CT molecular complexity index is 729. The van der Waals surface area contributed by atoms with Gasteiger partial charge >= 0.3 is 0 Å². The molecular formula is C20H31IN4O2. The molecule has 0 spiro atoms. The van der Waals surface area contributed by atoms with Crippen molar-refractivity contribution in [2.45, 2.75) is 53.6 Å². The fourth-order valence-electron chi connectivity index (χ4n) is 2.44. The van der Waals surface area contributed by atoms with E-state index in [1.807, 2.05) is 19.9 Å². The number of hydrogen-bond acceptors (Lipinski definition) is 4. The van der Waals surface area contributed by atoms with E-state index in [0.29, 0.717) is 25.6 Å². The van der Waals surface area contributed by atoms with Gasteiger partial charge in [-0.1, -0.05) is 31.1 Å². The van der Waals surface area contributed by atoms with Crippen LogP contribution in [0.2, 0.25) is 0 Å². The van der Waals surface area contributed by atoms with Crippen molar-refractivity contribution in [1.82, 2.24) is 15.8 Å². The fourth-order valence-corrected chi connectivity index (χ4v) is 2.44. The molecule has 0 unspecified atom stereocenters. The van der Waals surface area contributed by atoms with Gasteiger partial charge in [0.2, 0.25) is 0 Å². The van der Waals surface area contributed by atoms with Crippen molar-refractivity contribution >= 4 is 29.9 Å². The average Bonchev–Trinajstić information content (AvgIpc) is 3.08. The minimum absolute atomic E-state index is 0. The second-order valence-electron chi connectivity index (χ2n) is 6.47. The number of guanidine groups is 1. The first-order chi connectivity index (χ1) is 12.5. The SMILES string of the molecule is CCNC(=NCc1ccc(C)cc1OCC)NCc1cc(C(C)C)no1.I. The van der Waals surface area contributed by atoms with E-state index in [9.17, 15) is 0 Å². The lowest BCUT2D eigenvalue weighted by Gasteiger charge is -2.12. The van der Waals surface area contributed by atoms with E-state index in [-0.39, 0.29) is 24.0 Å². The summed E-state index contributed by atoms with van der Waals surface area (Å²) >= 11 is 0. The van der Waals surface area contributed by atoms with Gasteiger partial charge in [-0.2, -0.15) is 0 Å². The maximum atomic E-state index is 5.73. The number of benzene rings is 1. The van der Waals surface area contributed by atoms with Crippen LogP contribution in [0.15, 0.2) is 33.8 Å². The average molecular weight is 486 g/mol. The van der Waals surface area contributed by atoms with Gasteiger partial charge in [0.25, 0.3) is 0 Å². The Balaban J connectivity index is 0.00000364. The number of nitrogens with one attached hydrogen (secondary N) is 2. The van der Waals surface area contributed by atoms with Gasteiger partial charge in [-0.25, -0.2) is 4.99 Å². The number of aliphatic imine (C=N–C) groups is 1. The summed E-state index contributed by atoms with van der Waals surface area (Å²) in [5.41, 5.74) is 3.21. The van der Waals surface area contributed by atoms with E-state index >= 15 is 0 Å². The van der Waals surface area contributed by atoms with Gasteiger partial charge in [0.05, 0.1) is 25.4 Å². The molecule has 2 aromatic rings. The number of ether oxygens (including phenoxy) is 1. The predicted molar refractivity (Wildman–Crippen MR) is 120 cm³/mol. The lowest BCUT2D eigenvalue weighted by atomic mass is 10.1. The summed E-state index contributed by atoms with van der Waals surface area (Å²) in [4.78, 5) is 4.67. The van der Waals surface area contributed by atoms with Crippen LogP contribution < -0.4 is 15.4 Å².